The summed E-state index contributed by atoms with van der Waals surface area (Å²) < 4.78 is 5.54. The summed E-state index contributed by atoms with van der Waals surface area (Å²) in [5.74, 6) is 0.463. The van der Waals surface area contributed by atoms with E-state index in [2.05, 4.69) is 15.3 Å². The Kier molecular flexibility index (Phi) is 4.15. The minimum atomic E-state index is -0.351. The van der Waals surface area contributed by atoms with Gasteiger partial charge in [-0.1, -0.05) is 18.2 Å². The maximum Gasteiger partial charge on any atom is 0.255 e. The molecule has 3 rings (SSSR count). The first-order valence-electron chi connectivity index (χ1n) is 6.85. The number of amides is 1. The molecule has 1 heterocycles. The van der Waals surface area contributed by atoms with Crippen molar-refractivity contribution < 1.29 is 14.6 Å². The van der Waals surface area contributed by atoms with Crippen molar-refractivity contribution in [2.45, 2.75) is 0 Å². The highest BCUT2D eigenvalue weighted by molar-refractivity contribution is 6.05. The van der Waals surface area contributed by atoms with Crippen LogP contribution in [0.25, 0.3) is 0 Å². The summed E-state index contributed by atoms with van der Waals surface area (Å²) >= 11 is 0. The number of anilines is 1. The third kappa shape index (κ3) is 3.62. The molecule has 0 aliphatic rings. The zero-order valence-electron chi connectivity index (χ0n) is 12.0. The molecule has 0 aliphatic carbocycles. The maximum atomic E-state index is 12.3. The molecule has 6 heteroatoms. The van der Waals surface area contributed by atoms with Gasteiger partial charge in [-0.15, -0.1) is 0 Å². The number of carbonyl (C=O) groups is 1. The minimum absolute atomic E-state index is 0.00724. The van der Waals surface area contributed by atoms with E-state index in [9.17, 15) is 9.90 Å². The van der Waals surface area contributed by atoms with Crippen molar-refractivity contribution >= 4 is 11.6 Å². The van der Waals surface area contributed by atoms with E-state index in [1.807, 2.05) is 0 Å². The van der Waals surface area contributed by atoms with E-state index in [1.54, 1.807) is 48.7 Å². The number of nitrogens with one attached hydrogen (secondary N) is 1. The van der Waals surface area contributed by atoms with Crippen molar-refractivity contribution in [2.24, 2.45) is 0 Å². The summed E-state index contributed by atoms with van der Waals surface area (Å²) in [6.45, 7) is 0. The largest absolute Gasteiger partial charge is 0.506 e. The SMILES string of the molecule is O=C(Nc1ccccc1O)c1cccc(Oc2cnccn2)c1. The van der Waals surface area contributed by atoms with E-state index >= 15 is 0 Å². The Hall–Kier alpha value is -3.41. The third-order valence-corrected chi connectivity index (χ3v) is 3.01. The number of hydrogen-bond acceptors (Lipinski definition) is 5. The fraction of sp³-hybridized carbons (Fsp3) is 0. The summed E-state index contributed by atoms with van der Waals surface area (Å²) in [6.07, 6.45) is 4.54. The number of aromatic nitrogens is 2. The van der Waals surface area contributed by atoms with Crippen molar-refractivity contribution in [3.8, 4) is 17.4 Å². The molecule has 1 aromatic heterocycles. The summed E-state index contributed by atoms with van der Waals surface area (Å²) in [5.41, 5.74) is 0.743. The molecule has 2 N–H and O–H groups in total. The average Bonchev–Trinajstić information content (AvgIpc) is 2.58. The van der Waals surface area contributed by atoms with E-state index in [-0.39, 0.29) is 11.7 Å². The molecule has 0 bridgehead atoms. The van der Waals surface area contributed by atoms with Crippen LogP contribution >= 0.6 is 0 Å². The zero-order valence-corrected chi connectivity index (χ0v) is 12.0. The lowest BCUT2D eigenvalue weighted by Crippen LogP contribution is -2.11. The second kappa shape index (κ2) is 6.57. The van der Waals surface area contributed by atoms with Crippen LogP contribution in [0.15, 0.2) is 67.1 Å². The summed E-state index contributed by atoms with van der Waals surface area (Å²) in [6, 6.07) is 13.2. The lowest BCUT2D eigenvalue weighted by molar-refractivity contribution is 0.102. The molecule has 0 atom stereocenters. The van der Waals surface area contributed by atoms with Crippen LogP contribution in [0, 0.1) is 0 Å². The Bertz CT molecular complexity index is 822. The molecule has 114 valence electrons. The van der Waals surface area contributed by atoms with E-state index in [0.717, 1.165) is 0 Å². The van der Waals surface area contributed by atoms with Gasteiger partial charge < -0.3 is 15.2 Å². The quantitative estimate of drug-likeness (QED) is 0.723. The summed E-state index contributed by atoms with van der Waals surface area (Å²) in [5, 5.41) is 12.3. The average molecular weight is 307 g/mol. The van der Waals surface area contributed by atoms with Crippen molar-refractivity contribution in [2.75, 3.05) is 5.32 Å². The maximum absolute atomic E-state index is 12.3. The Balaban J connectivity index is 1.77. The highest BCUT2D eigenvalue weighted by Gasteiger charge is 2.10. The predicted molar refractivity (Wildman–Crippen MR) is 84.6 cm³/mol. The van der Waals surface area contributed by atoms with Gasteiger partial charge in [0.05, 0.1) is 11.9 Å². The van der Waals surface area contributed by atoms with Crippen molar-refractivity contribution in [1.29, 1.82) is 0 Å². The van der Waals surface area contributed by atoms with Gasteiger partial charge in [0.1, 0.15) is 11.5 Å². The van der Waals surface area contributed by atoms with Gasteiger partial charge in [0.25, 0.3) is 5.91 Å². The number of hydrogen-bond donors (Lipinski definition) is 2. The number of carbonyl (C=O) groups excluding carboxylic acids is 1. The van der Waals surface area contributed by atoms with Gasteiger partial charge in [-0.05, 0) is 30.3 Å². The smallest absolute Gasteiger partial charge is 0.255 e. The molecule has 0 unspecified atom stereocenters. The van der Waals surface area contributed by atoms with Gasteiger partial charge in [-0.25, -0.2) is 4.98 Å². The van der Waals surface area contributed by atoms with Crippen LogP contribution in [0.2, 0.25) is 0 Å². The summed E-state index contributed by atoms with van der Waals surface area (Å²) in [4.78, 5) is 20.2. The normalized spacial score (nSPS) is 10.1. The highest BCUT2D eigenvalue weighted by atomic mass is 16.5. The monoisotopic (exact) mass is 307 g/mol. The van der Waals surface area contributed by atoms with Gasteiger partial charge >= 0.3 is 0 Å². The first-order valence-corrected chi connectivity index (χ1v) is 6.85. The topological polar surface area (TPSA) is 84.3 Å². The van der Waals surface area contributed by atoms with Crippen molar-refractivity contribution in [3.05, 3.63) is 72.7 Å². The molecule has 3 aromatic rings. The molecular weight excluding hydrogens is 294 g/mol. The van der Waals surface area contributed by atoms with Gasteiger partial charge in [0.15, 0.2) is 0 Å². The van der Waals surface area contributed by atoms with Gasteiger partial charge in [0.2, 0.25) is 5.88 Å². The van der Waals surface area contributed by atoms with Crippen LogP contribution in [-0.4, -0.2) is 21.0 Å². The number of phenols is 1. The molecule has 0 saturated carbocycles. The number of ether oxygens (including phenoxy) is 1. The van der Waals surface area contributed by atoms with Crippen molar-refractivity contribution in [1.82, 2.24) is 9.97 Å². The Morgan fingerprint density at radius 2 is 1.96 bits per heavy atom. The van der Waals surface area contributed by atoms with Crippen LogP contribution in [-0.2, 0) is 0 Å². The third-order valence-electron chi connectivity index (χ3n) is 3.01. The first-order chi connectivity index (χ1) is 11.2. The molecule has 2 aromatic carbocycles. The second-order valence-corrected chi connectivity index (χ2v) is 4.64. The first kappa shape index (κ1) is 14.5. The number of benzene rings is 2. The van der Waals surface area contributed by atoms with E-state index < -0.39 is 0 Å². The molecule has 1 amide bonds. The molecule has 6 nitrogen and oxygen atoms in total. The molecule has 0 radical (unpaired) electrons. The van der Waals surface area contributed by atoms with Crippen LogP contribution in [0.4, 0.5) is 5.69 Å². The number of phenolic OH excluding ortho intramolecular Hbond substituents is 1. The lowest BCUT2D eigenvalue weighted by atomic mass is 10.2. The Morgan fingerprint density at radius 3 is 2.74 bits per heavy atom. The fourth-order valence-electron chi connectivity index (χ4n) is 1.93. The van der Waals surface area contributed by atoms with Crippen LogP contribution in [0.1, 0.15) is 10.4 Å². The van der Waals surface area contributed by atoms with Gasteiger partial charge in [-0.3, -0.25) is 9.78 Å². The minimum Gasteiger partial charge on any atom is -0.506 e. The number of aromatic hydroxyl groups is 1. The summed E-state index contributed by atoms with van der Waals surface area (Å²) in [7, 11) is 0. The van der Waals surface area contributed by atoms with E-state index in [4.69, 9.17) is 4.74 Å². The van der Waals surface area contributed by atoms with Crippen LogP contribution in [0.3, 0.4) is 0 Å². The Morgan fingerprint density at radius 1 is 1.09 bits per heavy atom. The van der Waals surface area contributed by atoms with Crippen LogP contribution in [0.5, 0.6) is 17.4 Å². The van der Waals surface area contributed by atoms with E-state index in [1.165, 1.54) is 18.5 Å². The van der Waals surface area contributed by atoms with Gasteiger partial charge in [0, 0.05) is 18.0 Å². The molecule has 0 aliphatic heterocycles. The standard InChI is InChI=1S/C17H13N3O3/c21-15-7-2-1-6-14(15)20-17(22)12-4-3-5-13(10-12)23-16-11-18-8-9-19-16/h1-11,21H,(H,20,22). The van der Waals surface area contributed by atoms with Crippen LogP contribution < -0.4 is 10.1 Å². The molecule has 0 spiro atoms. The van der Waals surface area contributed by atoms with Crippen molar-refractivity contribution in [3.63, 3.8) is 0 Å². The zero-order chi connectivity index (χ0) is 16.1. The molecule has 23 heavy (non-hydrogen) atoms. The number of para-hydroxylation sites is 2. The lowest BCUT2D eigenvalue weighted by Gasteiger charge is -2.08. The molecule has 0 saturated heterocycles. The van der Waals surface area contributed by atoms with E-state index in [0.29, 0.717) is 22.9 Å². The Labute approximate surface area is 132 Å². The molecule has 0 fully saturated rings. The predicted octanol–water partition coefficient (Wildman–Crippen LogP) is 3.23. The second-order valence-electron chi connectivity index (χ2n) is 4.64. The number of nitrogens with zero attached hydrogens (tertiary/aromatic N) is 2. The van der Waals surface area contributed by atoms with Gasteiger partial charge in [-0.2, -0.15) is 0 Å². The fourth-order valence-corrected chi connectivity index (χ4v) is 1.93. The number of rotatable bonds is 4. The highest BCUT2D eigenvalue weighted by Crippen LogP contribution is 2.24. The molecular formula is C17H13N3O3.